The number of benzene rings is 2. The van der Waals surface area contributed by atoms with Crippen molar-refractivity contribution in [2.45, 2.75) is 30.9 Å². The number of nitrogens with one attached hydrogen (secondary N) is 1. The van der Waals surface area contributed by atoms with Crippen LogP contribution in [0.2, 0.25) is 5.15 Å². The number of para-hydroxylation sites is 2. The predicted molar refractivity (Wildman–Crippen MR) is 137 cm³/mol. The number of halogens is 1. The van der Waals surface area contributed by atoms with E-state index >= 15 is 0 Å². The molecule has 11 heteroatoms. The minimum atomic E-state index is -4.71. The Morgan fingerprint density at radius 1 is 0.917 bits per heavy atom. The van der Waals surface area contributed by atoms with Crippen molar-refractivity contribution in [2.24, 2.45) is 0 Å². The first-order valence-electron chi connectivity index (χ1n) is 15.9. The van der Waals surface area contributed by atoms with Gasteiger partial charge in [0, 0.05) is 24.7 Å². The topological polar surface area (TPSA) is 116 Å². The highest BCUT2D eigenvalue weighted by Gasteiger charge is 2.24. The van der Waals surface area contributed by atoms with Crippen LogP contribution in [-0.2, 0) is 15.4 Å². The maximum Gasteiger partial charge on any atom is 0.263 e. The molecule has 0 aliphatic heterocycles. The number of ether oxygens (including phenoxy) is 2. The van der Waals surface area contributed by atoms with Crippen LogP contribution in [0, 0.1) is 0 Å². The zero-order chi connectivity index (χ0) is 35.9. The van der Waals surface area contributed by atoms with E-state index in [-0.39, 0.29) is 23.1 Å². The number of methoxy groups -OCH3 is 1. The Morgan fingerprint density at radius 2 is 1.61 bits per heavy atom. The number of hydrogen-bond acceptors (Lipinski definition) is 8. The summed E-state index contributed by atoms with van der Waals surface area (Å²) < 4.78 is 134. The Hall–Kier alpha value is -3.76. The van der Waals surface area contributed by atoms with Crippen molar-refractivity contribution in [3.63, 3.8) is 0 Å². The van der Waals surface area contributed by atoms with E-state index in [1.807, 2.05) is 0 Å². The molecule has 0 bridgehead atoms. The largest absolute Gasteiger partial charge is 0.493 e. The highest BCUT2D eigenvalue weighted by Crippen LogP contribution is 2.39. The molecule has 1 N–H and O–H groups in total. The molecule has 4 rings (SSSR count). The number of nitrogens with zero attached hydrogens (tertiary/aromatic N) is 4. The minimum Gasteiger partial charge on any atom is -0.493 e. The molecule has 0 amide bonds. The molecule has 2 aromatic heterocycles. The van der Waals surface area contributed by atoms with Gasteiger partial charge < -0.3 is 9.47 Å². The van der Waals surface area contributed by atoms with E-state index in [0.717, 1.165) is 24.3 Å². The highest BCUT2D eigenvalue weighted by molar-refractivity contribution is 7.92. The summed E-state index contributed by atoms with van der Waals surface area (Å²) in [6.45, 7) is -10.7. The van der Waals surface area contributed by atoms with Gasteiger partial charge in [-0.25, -0.2) is 28.4 Å². The SMILES string of the molecule is [2H]C([2H])([2H])Oc1ccccc1Oc1c(Cl)nc(-c2ncccn2)nc1NS(=O)(=O)c1ccc(C(C([2H])([2H])[2H])(C([2H])([2H])[2H])C([2H])([2H])[2H])cc1. The summed E-state index contributed by atoms with van der Waals surface area (Å²) in [4.78, 5) is 15.7. The second-order valence-electron chi connectivity index (χ2n) is 7.12. The summed E-state index contributed by atoms with van der Waals surface area (Å²) in [5.41, 5.74) is -4.04. The lowest BCUT2D eigenvalue weighted by Crippen LogP contribution is -2.17. The molecule has 186 valence electrons. The molecule has 2 heterocycles. The average molecular weight is 538 g/mol. The molecule has 0 aliphatic rings. The van der Waals surface area contributed by atoms with Crippen LogP contribution in [0.15, 0.2) is 71.9 Å². The second-order valence-corrected chi connectivity index (χ2v) is 9.16. The number of sulfonamides is 1. The number of anilines is 1. The van der Waals surface area contributed by atoms with Gasteiger partial charge in [0.25, 0.3) is 10.0 Å². The molecule has 0 spiro atoms. The van der Waals surface area contributed by atoms with Crippen molar-refractivity contribution in [2.75, 3.05) is 11.8 Å². The third-order valence-electron chi connectivity index (χ3n) is 4.59. The molecular formula is C25H24ClN5O4S. The fraction of sp³-hybridized carbons (Fsp3) is 0.200. The molecule has 0 aliphatic carbocycles. The second kappa shape index (κ2) is 10.1. The first-order valence-corrected chi connectivity index (χ1v) is 11.8. The van der Waals surface area contributed by atoms with Crippen LogP contribution in [0.1, 0.15) is 42.6 Å². The summed E-state index contributed by atoms with van der Waals surface area (Å²) in [6, 6.07) is 10.2. The van der Waals surface area contributed by atoms with Gasteiger partial charge in [0.2, 0.25) is 11.6 Å². The molecular weight excluding hydrogens is 502 g/mol. The van der Waals surface area contributed by atoms with Gasteiger partial charge in [-0.3, -0.25) is 4.72 Å². The van der Waals surface area contributed by atoms with Gasteiger partial charge in [-0.1, -0.05) is 56.4 Å². The lowest BCUT2D eigenvalue weighted by atomic mass is 9.87. The van der Waals surface area contributed by atoms with Gasteiger partial charge in [-0.15, -0.1) is 0 Å². The summed E-state index contributed by atoms with van der Waals surface area (Å²) in [5.74, 6) is -1.92. The fourth-order valence-electron chi connectivity index (χ4n) is 2.90. The van der Waals surface area contributed by atoms with Crippen LogP contribution in [0.5, 0.6) is 17.2 Å². The Labute approximate surface area is 231 Å². The maximum atomic E-state index is 13.6. The monoisotopic (exact) mass is 537 g/mol. The van der Waals surface area contributed by atoms with Gasteiger partial charge in [-0.2, -0.15) is 0 Å². The van der Waals surface area contributed by atoms with Gasteiger partial charge in [0.15, 0.2) is 28.3 Å². The Morgan fingerprint density at radius 3 is 2.28 bits per heavy atom. The van der Waals surface area contributed by atoms with Gasteiger partial charge in [0.1, 0.15) is 0 Å². The Balaban J connectivity index is 1.83. The van der Waals surface area contributed by atoms with Gasteiger partial charge in [-0.05, 0) is 41.3 Å². The van der Waals surface area contributed by atoms with Crippen LogP contribution < -0.4 is 14.2 Å². The normalized spacial score (nSPS) is 18.0. The van der Waals surface area contributed by atoms with E-state index in [1.54, 1.807) is 0 Å². The number of rotatable bonds is 7. The van der Waals surface area contributed by atoms with Crippen molar-refractivity contribution in [3.05, 3.63) is 77.7 Å². The third-order valence-corrected chi connectivity index (χ3v) is 6.20. The van der Waals surface area contributed by atoms with E-state index in [2.05, 4.69) is 24.7 Å². The summed E-state index contributed by atoms with van der Waals surface area (Å²) in [7, 11) is -7.60. The lowest BCUT2D eigenvalue weighted by molar-refractivity contribution is 0.378. The van der Waals surface area contributed by atoms with Crippen molar-refractivity contribution in [3.8, 4) is 28.9 Å². The van der Waals surface area contributed by atoms with E-state index in [0.29, 0.717) is 0 Å². The van der Waals surface area contributed by atoms with E-state index in [4.69, 9.17) is 37.5 Å². The van der Waals surface area contributed by atoms with E-state index in [1.165, 1.54) is 42.7 Å². The van der Waals surface area contributed by atoms with Crippen molar-refractivity contribution in [1.82, 2.24) is 19.9 Å². The predicted octanol–water partition coefficient (Wildman–Crippen LogP) is 5.49. The third kappa shape index (κ3) is 5.55. The highest BCUT2D eigenvalue weighted by atomic mass is 35.5. The fourth-order valence-corrected chi connectivity index (χ4v) is 4.11. The van der Waals surface area contributed by atoms with Crippen LogP contribution in [0.4, 0.5) is 5.82 Å². The molecule has 0 unspecified atom stereocenters. The first kappa shape index (κ1) is 14.1. The maximum absolute atomic E-state index is 13.6. The van der Waals surface area contributed by atoms with Crippen LogP contribution in [0.3, 0.4) is 0 Å². The van der Waals surface area contributed by atoms with Crippen molar-refractivity contribution in [1.29, 1.82) is 0 Å². The quantitative estimate of drug-likeness (QED) is 0.308. The average Bonchev–Trinajstić information content (AvgIpc) is 2.93. The lowest BCUT2D eigenvalue weighted by Gasteiger charge is -2.19. The Bertz CT molecular complexity index is 1850. The molecule has 0 saturated carbocycles. The first-order chi connectivity index (χ1) is 22.0. The molecule has 2 aromatic carbocycles. The van der Waals surface area contributed by atoms with Crippen molar-refractivity contribution >= 4 is 27.4 Å². The molecule has 0 radical (unpaired) electrons. The van der Waals surface area contributed by atoms with Crippen LogP contribution >= 0.6 is 11.6 Å². The molecule has 4 aromatic rings. The molecule has 36 heavy (non-hydrogen) atoms. The van der Waals surface area contributed by atoms with E-state index < -0.39 is 70.2 Å². The smallest absolute Gasteiger partial charge is 0.263 e. The Kier molecular flexibility index (Phi) is 3.95. The van der Waals surface area contributed by atoms with E-state index in [9.17, 15) is 8.42 Å². The standard InChI is InChI=1S/C25H24ClN5O4S/c1-25(2,3)16-10-12-17(13-11-16)36(32,33)31-22-20(35-19-9-6-5-8-18(19)34-4)21(26)29-24(30-22)23-27-14-7-15-28-23/h5-15H,1-4H3,(H,29,30,31)/i1D3,2D3,3D3,4D3. The molecule has 0 saturated heterocycles. The molecule has 0 fully saturated rings. The summed E-state index contributed by atoms with van der Waals surface area (Å²) in [5, 5.41) is -0.470. The van der Waals surface area contributed by atoms with Crippen LogP contribution in [0.25, 0.3) is 11.6 Å². The molecule has 0 atom stereocenters. The summed E-state index contributed by atoms with van der Waals surface area (Å²) >= 11 is 6.42. The summed E-state index contributed by atoms with van der Waals surface area (Å²) in [6.07, 6.45) is 2.71. The van der Waals surface area contributed by atoms with Gasteiger partial charge in [0.05, 0.1) is 16.0 Å². The van der Waals surface area contributed by atoms with Crippen molar-refractivity contribution < 1.29 is 34.3 Å². The number of hydrogen-bond donors (Lipinski definition) is 1. The molecule has 9 nitrogen and oxygen atoms in total. The minimum absolute atomic E-state index is 0.0720. The number of aromatic nitrogens is 4. The van der Waals surface area contributed by atoms with Gasteiger partial charge >= 0.3 is 0 Å². The zero-order valence-electron chi connectivity index (χ0n) is 30.1. The zero-order valence-corrected chi connectivity index (χ0v) is 19.6. The van der Waals surface area contributed by atoms with Crippen LogP contribution in [-0.4, -0.2) is 35.4 Å².